The van der Waals surface area contributed by atoms with Crippen molar-refractivity contribution in [2.75, 3.05) is 33.9 Å². The molecule has 0 spiro atoms. The summed E-state index contributed by atoms with van der Waals surface area (Å²) in [5.41, 5.74) is 0.415. The molecule has 126 valence electrons. The van der Waals surface area contributed by atoms with Gasteiger partial charge in [-0.25, -0.2) is 0 Å². The number of rotatable bonds is 5. The average Bonchev–Trinajstić information content (AvgIpc) is 2.59. The first kappa shape index (κ1) is 17.1. The highest BCUT2D eigenvalue weighted by molar-refractivity contribution is 5.99. The molecule has 1 aromatic rings. The number of piperidine rings is 1. The number of carbonyl (C=O) groups is 2. The van der Waals surface area contributed by atoms with E-state index in [9.17, 15) is 9.59 Å². The second-order valence-corrected chi connectivity index (χ2v) is 5.70. The number of carbonyl (C=O) groups excluding carboxylic acids is 2. The lowest BCUT2D eigenvalue weighted by Crippen LogP contribution is -2.40. The number of hydrogen-bond donors (Lipinski definition) is 1. The molecule has 6 nitrogen and oxygen atoms in total. The van der Waals surface area contributed by atoms with Crippen LogP contribution in [0.1, 0.15) is 30.1 Å². The van der Waals surface area contributed by atoms with Crippen LogP contribution in [0, 0.1) is 5.92 Å². The molecule has 1 N–H and O–H groups in total. The summed E-state index contributed by atoms with van der Waals surface area (Å²) in [7, 11) is 3.06. The van der Waals surface area contributed by atoms with Gasteiger partial charge in [0, 0.05) is 26.6 Å². The van der Waals surface area contributed by atoms with Crippen molar-refractivity contribution < 1.29 is 19.1 Å². The Kier molecular flexibility index (Phi) is 5.84. The molecule has 0 aliphatic carbocycles. The largest absolute Gasteiger partial charge is 0.496 e. The van der Waals surface area contributed by atoms with Crippen molar-refractivity contribution in [3.63, 3.8) is 0 Å². The molecule has 0 radical (unpaired) electrons. The van der Waals surface area contributed by atoms with Gasteiger partial charge >= 0.3 is 0 Å². The molecule has 1 saturated heterocycles. The van der Waals surface area contributed by atoms with Gasteiger partial charge in [0.1, 0.15) is 17.1 Å². The van der Waals surface area contributed by atoms with Crippen molar-refractivity contribution in [1.82, 2.24) is 10.2 Å². The molecule has 1 aliphatic rings. The SMILES string of the molecule is COc1cccc(OC)c1C(=O)NCC1CCN(C(C)=O)CC1. The molecule has 1 aromatic carbocycles. The van der Waals surface area contributed by atoms with E-state index in [0.717, 1.165) is 25.9 Å². The Bertz CT molecular complexity index is 543. The summed E-state index contributed by atoms with van der Waals surface area (Å²) in [4.78, 5) is 25.7. The average molecular weight is 320 g/mol. The maximum Gasteiger partial charge on any atom is 0.258 e. The van der Waals surface area contributed by atoms with Crippen LogP contribution in [0.25, 0.3) is 0 Å². The smallest absolute Gasteiger partial charge is 0.258 e. The maximum atomic E-state index is 12.5. The maximum absolute atomic E-state index is 12.5. The molecule has 0 atom stereocenters. The van der Waals surface area contributed by atoms with Gasteiger partial charge in [-0.05, 0) is 30.9 Å². The fourth-order valence-electron chi connectivity index (χ4n) is 2.85. The van der Waals surface area contributed by atoms with Crippen LogP contribution in [0.2, 0.25) is 0 Å². The molecule has 23 heavy (non-hydrogen) atoms. The van der Waals surface area contributed by atoms with E-state index in [0.29, 0.717) is 29.5 Å². The minimum absolute atomic E-state index is 0.117. The van der Waals surface area contributed by atoms with Gasteiger partial charge in [0.2, 0.25) is 5.91 Å². The van der Waals surface area contributed by atoms with Crippen LogP contribution in [0.15, 0.2) is 18.2 Å². The summed E-state index contributed by atoms with van der Waals surface area (Å²) in [6.45, 7) is 3.70. The third-order valence-electron chi connectivity index (χ3n) is 4.27. The molecule has 1 aliphatic heterocycles. The molecule has 6 heteroatoms. The van der Waals surface area contributed by atoms with Crippen LogP contribution in [0.4, 0.5) is 0 Å². The fraction of sp³-hybridized carbons (Fsp3) is 0.529. The van der Waals surface area contributed by atoms with E-state index in [1.807, 2.05) is 4.90 Å². The van der Waals surface area contributed by atoms with Gasteiger partial charge in [-0.3, -0.25) is 9.59 Å². The number of benzene rings is 1. The molecule has 2 amide bonds. The Balaban J connectivity index is 1.95. The fourth-order valence-corrected chi connectivity index (χ4v) is 2.85. The monoisotopic (exact) mass is 320 g/mol. The van der Waals surface area contributed by atoms with Crippen molar-refractivity contribution in [3.8, 4) is 11.5 Å². The quantitative estimate of drug-likeness (QED) is 0.896. The summed E-state index contributed by atoms with van der Waals surface area (Å²) in [6, 6.07) is 5.26. The van der Waals surface area contributed by atoms with E-state index in [1.165, 1.54) is 14.2 Å². The zero-order valence-electron chi connectivity index (χ0n) is 13.9. The second kappa shape index (κ2) is 7.85. The number of methoxy groups -OCH3 is 2. The molecule has 0 saturated carbocycles. The van der Waals surface area contributed by atoms with Crippen LogP contribution >= 0.6 is 0 Å². The minimum Gasteiger partial charge on any atom is -0.496 e. The van der Waals surface area contributed by atoms with Crippen molar-refractivity contribution in [3.05, 3.63) is 23.8 Å². The van der Waals surface area contributed by atoms with Gasteiger partial charge in [0.25, 0.3) is 5.91 Å². The van der Waals surface area contributed by atoms with Gasteiger partial charge in [-0.2, -0.15) is 0 Å². The van der Waals surface area contributed by atoms with Crippen LogP contribution in [0.5, 0.6) is 11.5 Å². The highest BCUT2D eigenvalue weighted by Crippen LogP contribution is 2.28. The van der Waals surface area contributed by atoms with E-state index >= 15 is 0 Å². The number of amides is 2. The number of hydrogen-bond acceptors (Lipinski definition) is 4. The standard InChI is InChI=1S/C17H24N2O4/c1-12(20)19-9-7-13(8-10-19)11-18-17(21)16-14(22-2)5-4-6-15(16)23-3/h4-6,13H,7-11H2,1-3H3,(H,18,21). The van der Waals surface area contributed by atoms with E-state index in [4.69, 9.17) is 9.47 Å². The van der Waals surface area contributed by atoms with Gasteiger partial charge in [0.15, 0.2) is 0 Å². The first-order valence-corrected chi connectivity index (χ1v) is 7.81. The zero-order valence-corrected chi connectivity index (χ0v) is 13.9. The highest BCUT2D eigenvalue weighted by Gasteiger charge is 2.23. The number of nitrogens with zero attached hydrogens (tertiary/aromatic N) is 1. The Morgan fingerprint density at radius 2 is 1.74 bits per heavy atom. The summed E-state index contributed by atoms with van der Waals surface area (Å²) in [5, 5.41) is 2.96. The lowest BCUT2D eigenvalue weighted by molar-refractivity contribution is -0.130. The third kappa shape index (κ3) is 4.15. The topological polar surface area (TPSA) is 67.9 Å². The molecule has 1 fully saturated rings. The van der Waals surface area contributed by atoms with Gasteiger partial charge in [-0.15, -0.1) is 0 Å². The van der Waals surface area contributed by atoms with Crippen molar-refractivity contribution in [2.24, 2.45) is 5.92 Å². The van der Waals surface area contributed by atoms with E-state index in [2.05, 4.69) is 5.32 Å². The molecule has 0 bridgehead atoms. The molecule has 2 rings (SSSR count). The normalized spacial score (nSPS) is 15.2. The zero-order chi connectivity index (χ0) is 16.8. The predicted molar refractivity (Wildman–Crippen MR) is 86.9 cm³/mol. The molecular formula is C17H24N2O4. The van der Waals surface area contributed by atoms with Gasteiger partial charge in [-0.1, -0.05) is 6.07 Å². The van der Waals surface area contributed by atoms with Crippen molar-refractivity contribution in [2.45, 2.75) is 19.8 Å². The molecule has 1 heterocycles. The van der Waals surface area contributed by atoms with Crippen molar-refractivity contribution in [1.29, 1.82) is 0 Å². The second-order valence-electron chi connectivity index (χ2n) is 5.70. The van der Waals surface area contributed by atoms with E-state index in [1.54, 1.807) is 25.1 Å². The Hall–Kier alpha value is -2.24. The van der Waals surface area contributed by atoms with E-state index < -0.39 is 0 Å². The van der Waals surface area contributed by atoms with Crippen LogP contribution in [0.3, 0.4) is 0 Å². The lowest BCUT2D eigenvalue weighted by Gasteiger charge is -2.31. The van der Waals surface area contributed by atoms with Gasteiger partial charge in [0.05, 0.1) is 14.2 Å². The molecular weight excluding hydrogens is 296 g/mol. The Morgan fingerprint density at radius 1 is 1.17 bits per heavy atom. The summed E-state index contributed by atoms with van der Waals surface area (Å²) in [5.74, 6) is 1.29. The summed E-state index contributed by atoms with van der Waals surface area (Å²) >= 11 is 0. The van der Waals surface area contributed by atoms with E-state index in [-0.39, 0.29) is 11.8 Å². The number of ether oxygens (including phenoxy) is 2. The first-order chi connectivity index (χ1) is 11.1. The van der Waals surface area contributed by atoms with Crippen LogP contribution in [-0.2, 0) is 4.79 Å². The van der Waals surface area contributed by atoms with Gasteiger partial charge < -0.3 is 19.7 Å². The predicted octanol–water partition coefficient (Wildman–Crippen LogP) is 1.69. The highest BCUT2D eigenvalue weighted by atomic mass is 16.5. The summed E-state index contributed by atoms with van der Waals surface area (Å²) in [6.07, 6.45) is 1.81. The molecule has 0 aromatic heterocycles. The number of likely N-dealkylation sites (tertiary alicyclic amines) is 1. The minimum atomic E-state index is -0.201. The van der Waals surface area contributed by atoms with Crippen molar-refractivity contribution >= 4 is 11.8 Å². The number of nitrogens with one attached hydrogen (secondary N) is 1. The first-order valence-electron chi connectivity index (χ1n) is 7.81. The molecule has 0 unspecified atom stereocenters. The lowest BCUT2D eigenvalue weighted by atomic mass is 9.96. The van der Waals surface area contributed by atoms with Crippen LogP contribution in [-0.4, -0.2) is 50.6 Å². The Morgan fingerprint density at radius 3 is 2.22 bits per heavy atom. The summed E-state index contributed by atoms with van der Waals surface area (Å²) < 4.78 is 10.5. The van der Waals surface area contributed by atoms with Crippen LogP contribution < -0.4 is 14.8 Å². The third-order valence-corrected chi connectivity index (χ3v) is 4.27. The Labute approximate surface area is 136 Å².